The van der Waals surface area contributed by atoms with Crippen LogP contribution in [-0.2, 0) is 22.1 Å². The van der Waals surface area contributed by atoms with Gasteiger partial charge in [-0.3, -0.25) is 4.79 Å². The Balaban J connectivity index is 1.91. The second-order valence-corrected chi connectivity index (χ2v) is 8.40. The van der Waals surface area contributed by atoms with E-state index in [-0.39, 0.29) is 12.5 Å². The normalized spacial score (nSPS) is 15.2. The van der Waals surface area contributed by atoms with Crippen LogP contribution < -0.4 is 4.90 Å². The molecule has 0 N–H and O–H groups in total. The molecule has 30 heavy (non-hydrogen) atoms. The summed E-state index contributed by atoms with van der Waals surface area (Å²) in [5.74, 6) is -0.724. The summed E-state index contributed by atoms with van der Waals surface area (Å²) in [6.07, 6.45) is 0. The molecule has 1 aliphatic heterocycles. The highest BCUT2D eigenvalue weighted by Crippen LogP contribution is 2.36. The Hall–Kier alpha value is -3.25. The molecule has 1 atom stereocenters. The van der Waals surface area contributed by atoms with E-state index in [0.29, 0.717) is 33.2 Å². The van der Waals surface area contributed by atoms with Crippen molar-refractivity contribution in [1.82, 2.24) is 0 Å². The first-order valence-electron chi connectivity index (χ1n) is 9.69. The second kappa shape index (κ2) is 8.24. The van der Waals surface area contributed by atoms with Gasteiger partial charge in [0.15, 0.2) is 0 Å². The van der Waals surface area contributed by atoms with Crippen molar-refractivity contribution in [2.45, 2.75) is 30.2 Å². The van der Waals surface area contributed by atoms with Gasteiger partial charge in [-0.1, -0.05) is 36.4 Å². The molecule has 0 unspecified atom stereocenters. The van der Waals surface area contributed by atoms with Crippen LogP contribution in [0, 0.1) is 6.92 Å². The van der Waals surface area contributed by atoms with Crippen LogP contribution in [0.2, 0.25) is 0 Å². The Morgan fingerprint density at radius 3 is 2.50 bits per heavy atom. The van der Waals surface area contributed by atoms with Crippen LogP contribution in [0.5, 0.6) is 0 Å². The highest BCUT2D eigenvalue weighted by atomic mass is 32.2. The van der Waals surface area contributed by atoms with E-state index in [1.54, 1.807) is 54.3 Å². The van der Waals surface area contributed by atoms with E-state index in [9.17, 15) is 13.8 Å². The largest absolute Gasteiger partial charge is 0.462 e. The maximum Gasteiger partial charge on any atom is 0.338 e. The third kappa shape index (κ3) is 3.55. The molecule has 6 heteroatoms. The number of carbonyl (C=O) groups excluding carboxylic acids is 2. The molecule has 1 aliphatic rings. The van der Waals surface area contributed by atoms with Crippen molar-refractivity contribution < 1.29 is 18.5 Å². The summed E-state index contributed by atoms with van der Waals surface area (Å²) in [7, 11) is -1.55. The van der Waals surface area contributed by atoms with Crippen molar-refractivity contribution in [2.24, 2.45) is 0 Å². The molecule has 1 amide bonds. The summed E-state index contributed by atoms with van der Waals surface area (Å²) in [4.78, 5) is 28.4. The Morgan fingerprint density at radius 2 is 1.73 bits per heavy atom. The zero-order valence-electron chi connectivity index (χ0n) is 16.8. The average molecular weight is 420 g/mol. The van der Waals surface area contributed by atoms with Gasteiger partial charge in [0.1, 0.15) is 0 Å². The van der Waals surface area contributed by atoms with E-state index in [1.807, 2.05) is 31.2 Å². The molecule has 0 radical (unpaired) electrons. The van der Waals surface area contributed by atoms with Gasteiger partial charge in [0.05, 0.1) is 50.6 Å². The summed E-state index contributed by atoms with van der Waals surface area (Å²) < 4.78 is 18.5. The third-order valence-electron chi connectivity index (χ3n) is 5.11. The fraction of sp³-hybridized carbons (Fsp3) is 0.167. The van der Waals surface area contributed by atoms with Crippen LogP contribution in [0.25, 0.3) is 0 Å². The molecule has 0 saturated heterocycles. The molecule has 3 aromatic carbocycles. The standard InChI is InChI=1S/C24H21NO4S/c1-3-29-24(27)17-12-13-22-20(14-17)25(15-18-9-5-4-8-16(18)2)23(26)19-10-6-7-11-21(19)30(22)28/h4-14H,3,15H2,1-2H3/t30-/m1/s1. The Morgan fingerprint density at radius 1 is 1.00 bits per heavy atom. The molecule has 3 aromatic rings. The third-order valence-corrected chi connectivity index (χ3v) is 6.61. The number of anilines is 1. The molecule has 0 bridgehead atoms. The maximum atomic E-state index is 13.5. The fourth-order valence-electron chi connectivity index (χ4n) is 3.52. The van der Waals surface area contributed by atoms with Crippen LogP contribution >= 0.6 is 0 Å². The van der Waals surface area contributed by atoms with E-state index in [1.165, 1.54) is 0 Å². The predicted octanol–water partition coefficient (Wildman–Crippen LogP) is 4.50. The fourth-order valence-corrected chi connectivity index (χ4v) is 4.86. The Bertz CT molecular complexity index is 1170. The minimum atomic E-state index is -1.55. The molecular formula is C24H21NO4S. The van der Waals surface area contributed by atoms with Crippen molar-refractivity contribution in [1.29, 1.82) is 0 Å². The van der Waals surface area contributed by atoms with Gasteiger partial charge in [-0.15, -0.1) is 0 Å². The number of amides is 1. The molecule has 0 aromatic heterocycles. The number of hydrogen-bond acceptors (Lipinski definition) is 4. The first-order valence-corrected chi connectivity index (χ1v) is 10.8. The summed E-state index contributed by atoms with van der Waals surface area (Å²) in [5.41, 5.74) is 3.21. The van der Waals surface area contributed by atoms with Crippen LogP contribution in [0.1, 0.15) is 38.8 Å². The number of aryl methyl sites for hydroxylation is 1. The molecule has 4 rings (SSSR count). The number of fused-ring (bicyclic) bond motifs is 2. The smallest absolute Gasteiger partial charge is 0.338 e. The van der Waals surface area contributed by atoms with Gasteiger partial charge < -0.3 is 9.64 Å². The first-order chi connectivity index (χ1) is 14.5. The monoisotopic (exact) mass is 419 g/mol. The number of ether oxygens (including phenoxy) is 1. The van der Waals surface area contributed by atoms with Crippen molar-refractivity contribution >= 4 is 28.4 Å². The quantitative estimate of drug-likeness (QED) is 0.584. The molecule has 5 nitrogen and oxygen atoms in total. The zero-order chi connectivity index (χ0) is 21.3. The van der Waals surface area contributed by atoms with E-state index in [0.717, 1.165) is 11.1 Å². The molecule has 0 spiro atoms. The van der Waals surface area contributed by atoms with Crippen LogP contribution in [0.3, 0.4) is 0 Å². The molecule has 0 saturated carbocycles. The SMILES string of the molecule is CCOC(=O)c1ccc2c(c1)N(Cc1ccccc1C)C(=O)c1ccccc1[S@]2=O. The number of esters is 1. The summed E-state index contributed by atoms with van der Waals surface area (Å²) >= 11 is 0. The number of carbonyl (C=O) groups is 2. The van der Waals surface area contributed by atoms with Gasteiger partial charge in [-0.2, -0.15) is 0 Å². The molecule has 1 heterocycles. The van der Waals surface area contributed by atoms with Crippen LogP contribution in [-0.4, -0.2) is 22.7 Å². The minimum Gasteiger partial charge on any atom is -0.462 e. The van der Waals surface area contributed by atoms with E-state index < -0.39 is 16.8 Å². The highest BCUT2D eigenvalue weighted by Gasteiger charge is 2.31. The zero-order valence-corrected chi connectivity index (χ0v) is 17.6. The second-order valence-electron chi connectivity index (χ2n) is 6.99. The lowest BCUT2D eigenvalue weighted by Crippen LogP contribution is -2.30. The average Bonchev–Trinajstić information content (AvgIpc) is 2.85. The van der Waals surface area contributed by atoms with E-state index in [4.69, 9.17) is 4.74 Å². The van der Waals surface area contributed by atoms with Gasteiger partial charge in [-0.05, 0) is 55.3 Å². The number of hydrogen-bond donors (Lipinski definition) is 0. The number of benzene rings is 3. The first kappa shape index (κ1) is 20.0. The molecule has 152 valence electrons. The topological polar surface area (TPSA) is 63.7 Å². The van der Waals surface area contributed by atoms with Crippen molar-refractivity contribution in [2.75, 3.05) is 11.5 Å². The number of nitrogens with zero attached hydrogens (tertiary/aromatic N) is 1. The Kier molecular flexibility index (Phi) is 5.50. The lowest BCUT2D eigenvalue weighted by molar-refractivity contribution is 0.0526. The lowest BCUT2D eigenvalue weighted by Gasteiger charge is -2.24. The van der Waals surface area contributed by atoms with Gasteiger partial charge in [-0.25, -0.2) is 9.00 Å². The van der Waals surface area contributed by atoms with Crippen LogP contribution in [0.4, 0.5) is 5.69 Å². The minimum absolute atomic E-state index is 0.248. The lowest BCUT2D eigenvalue weighted by atomic mass is 10.1. The Labute approximate surface area is 177 Å². The van der Waals surface area contributed by atoms with Gasteiger partial charge in [0.2, 0.25) is 0 Å². The molecule has 0 fully saturated rings. The predicted molar refractivity (Wildman–Crippen MR) is 115 cm³/mol. The maximum absolute atomic E-state index is 13.5. The van der Waals surface area contributed by atoms with E-state index >= 15 is 0 Å². The molecule has 0 aliphatic carbocycles. The summed E-state index contributed by atoms with van der Waals surface area (Å²) in [6, 6.07) is 19.6. The van der Waals surface area contributed by atoms with Crippen molar-refractivity contribution in [3.05, 3.63) is 89.0 Å². The van der Waals surface area contributed by atoms with Crippen LogP contribution in [0.15, 0.2) is 76.5 Å². The highest BCUT2D eigenvalue weighted by molar-refractivity contribution is 7.85. The van der Waals surface area contributed by atoms with Crippen molar-refractivity contribution in [3.8, 4) is 0 Å². The summed E-state index contributed by atoms with van der Waals surface area (Å²) in [5, 5.41) is 0. The summed E-state index contributed by atoms with van der Waals surface area (Å²) in [6.45, 7) is 4.27. The van der Waals surface area contributed by atoms with Gasteiger partial charge in [0, 0.05) is 0 Å². The van der Waals surface area contributed by atoms with Gasteiger partial charge in [0.25, 0.3) is 5.91 Å². The van der Waals surface area contributed by atoms with E-state index in [2.05, 4.69) is 0 Å². The number of rotatable bonds is 4. The molecular weight excluding hydrogens is 398 g/mol. The van der Waals surface area contributed by atoms with Crippen molar-refractivity contribution in [3.63, 3.8) is 0 Å². The van der Waals surface area contributed by atoms with Gasteiger partial charge >= 0.3 is 5.97 Å².